The first-order chi connectivity index (χ1) is 14.3. The molecule has 0 aromatic heterocycles. The molecule has 1 saturated heterocycles. The third-order valence-electron chi connectivity index (χ3n) is 5.35. The Morgan fingerprint density at radius 2 is 1.80 bits per heavy atom. The number of amides is 2. The highest BCUT2D eigenvalue weighted by atomic mass is 32.2. The van der Waals surface area contributed by atoms with Crippen molar-refractivity contribution in [1.29, 1.82) is 0 Å². The van der Waals surface area contributed by atoms with E-state index in [0.29, 0.717) is 24.2 Å². The Morgan fingerprint density at radius 1 is 1.07 bits per heavy atom. The summed E-state index contributed by atoms with van der Waals surface area (Å²) in [6, 6.07) is 14.1. The SMILES string of the molecule is CS(=O)(=O)N[C@@H]1CCN2C(=O)c3cc(C=Cc4ccccc4)ccc3NC(=O)[C@@H]2C1. The Bertz CT molecular complexity index is 1110. The number of carbonyl (C=O) groups is 2. The zero-order chi connectivity index (χ0) is 21.3. The first-order valence-electron chi connectivity index (χ1n) is 9.76. The molecule has 4 rings (SSSR count). The lowest BCUT2D eigenvalue weighted by Crippen LogP contribution is -2.54. The van der Waals surface area contributed by atoms with Crippen molar-refractivity contribution in [2.75, 3.05) is 18.1 Å². The van der Waals surface area contributed by atoms with Gasteiger partial charge in [0, 0.05) is 12.6 Å². The van der Waals surface area contributed by atoms with Gasteiger partial charge in [-0.15, -0.1) is 0 Å². The highest BCUT2D eigenvalue weighted by Crippen LogP contribution is 2.29. The predicted molar refractivity (Wildman–Crippen MR) is 116 cm³/mol. The van der Waals surface area contributed by atoms with Crippen LogP contribution in [0.15, 0.2) is 48.5 Å². The van der Waals surface area contributed by atoms with Gasteiger partial charge in [-0.2, -0.15) is 0 Å². The van der Waals surface area contributed by atoms with E-state index < -0.39 is 16.1 Å². The second kappa shape index (κ2) is 8.04. The zero-order valence-electron chi connectivity index (χ0n) is 16.5. The average Bonchev–Trinajstić information content (AvgIpc) is 2.81. The van der Waals surface area contributed by atoms with E-state index in [0.717, 1.165) is 17.4 Å². The lowest BCUT2D eigenvalue weighted by molar-refractivity contribution is -0.121. The number of rotatable bonds is 4. The number of hydrogen-bond donors (Lipinski definition) is 2. The summed E-state index contributed by atoms with van der Waals surface area (Å²) in [5.74, 6) is -0.518. The van der Waals surface area contributed by atoms with Gasteiger partial charge in [-0.3, -0.25) is 9.59 Å². The van der Waals surface area contributed by atoms with Crippen LogP contribution >= 0.6 is 0 Å². The molecular formula is C22H23N3O4S. The minimum atomic E-state index is -3.38. The summed E-state index contributed by atoms with van der Waals surface area (Å²) in [4.78, 5) is 27.5. The summed E-state index contributed by atoms with van der Waals surface area (Å²) in [6.07, 6.45) is 5.70. The summed E-state index contributed by atoms with van der Waals surface area (Å²) in [6.45, 7) is 0.313. The minimum Gasteiger partial charge on any atom is -0.326 e. The van der Waals surface area contributed by atoms with Gasteiger partial charge >= 0.3 is 0 Å². The van der Waals surface area contributed by atoms with Gasteiger partial charge in [0.2, 0.25) is 15.9 Å². The number of benzene rings is 2. The van der Waals surface area contributed by atoms with Crippen LogP contribution in [-0.4, -0.2) is 50.0 Å². The molecule has 0 saturated carbocycles. The fraction of sp³-hybridized carbons (Fsp3) is 0.273. The van der Waals surface area contributed by atoms with E-state index in [2.05, 4.69) is 10.0 Å². The second-order valence-corrected chi connectivity index (χ2v) is 9.44. The van der Waals surface area contributed by atoms with Gasteiger partial charge in [0.25, 0.3) is 5.91 Å². The molecule has 0 spiro atoms. The lowest BCUT2D eigenvalue weighted by Gasteiger charge is -2.37. The van der Waals surface area contributed by atoms with E-state index in [1.54, 1.807) is 17.0 Å². The molecule has 2 aliphatic rings. The molecule has 0 aliphatic carbocycles. The Balaban J connectivity index is 1.59. The fourth-order valence-corrected chi connectivity index (χ4v) is 4.77. The third kappa shape index (κ3) is 4.44. The van der Waals surface area contributed by atoms with Gasteiger partial charge in [0.05, 0.1) is 17.5 Å². The largest absolute Gasteiger partial charge is 0.326 e. The molecule has 7 nitrogen and oxygen atoms in total. The minimum absolute atomic E-state index is 0.221. The monoisotopic (exact) mass is 425 g/mol. The third-order valence-corrected chi connectivity index (χ3v) is 6.11. The molecule has 2 aromatic carbocycles. The quantitative estimate of drug-likeness (QED) is 0.735. The Labute approximate surface area is 175 Å². The van der Waals surface area contributed by atoms with Gasteiger partial charge in [-0.1, -0.05) is 48.6 Å². The molecule has 0 bridgehead atoms. The Kier molecular flexibility index (Phi) is 5.44. The van der Waals surface area contributed by atoms with Crippen molar-refractivity contribution >= 4 is 39.7 Å². The Hall–Kier alpha value is -2.97. The number of sulfonamides is 1. The molecule has 0 radical (unpaired) electrons. The van der Waals surface area contributed by atoms with Crippen molar-refractivity contribution < 1.29 is 18.0 Å². The maximum atomic E-state index is 13.2. The van der Waals surface area contributed by atoms with Crippen LogP contribution in [0.2, 0.25) is 0 Å². The van der Waals surface area contributed by atoms with E-state index in [9.17, 15) is 18.0 Å². The maximum Gasteiger partial charge on any atom is 0.256 e. The molecule has 30 heavy (non-hydrogen) atoms. The van der Waals surface area contributed by atoms with Crippen LogP contribution in [0.3, 0.4) is 0 Å². The summed E-state index contributed by atoms with van der Waals surface area (Å²) >= 11 is 0. The number of nitrogens with one attached hydrogen (secondary N) is 2. The highest BCUT2D eigenvalue weighted by Gasteiger charge is 2.40. The zero-order valence-corrected chi connectivity index (χ0v) is 17.4. The molecular weight excluding hydrogens is 402 g/mol. The standard InChI is InChI=1S/C22H23N3O4S/c1-30(28,29)24-17-11-12-25-20(14-17)21(26)23-19-10-9-16(13-18(19)22(25)27)8-7-15-5-3-2-4-6-15/h2-10,13,17,20,24H,11-12,14H2,1H3,(H,23,26)/t17-,20+/m1/s1. The fourth-order valence-electron chi connectivity index (χ4n) is 3.95. The van der Waals surface area contributed by atoms with Crippen molar-refractivity contribution in [3.05, 3.63) is 65.2 Å². The van der Waals surface area contributed by atoms with Gasteiger partial charge in [-0.05, 0) is 36.1 Å². The number of hydrogen-bond acceptors (Lipinski definition) is 4. The molecule has 2 N–H and O–H groups in total. The lowest BCUT2D eigenvalue weighted by atomic mass is 9.97. The second-order valence-electron chi connectivity index (χ2n) is 7.66. The van der Waals surface area contributed by atoms with E-state index in [1.807, 2.05) is 48.6 Å². The smallest absolute Gasteiger partial charge is 0.256 e. The van der Waals surface area contributed by atoms with Crippen LogP contribution in [-0.2, 0) is 14.8 Å². The summed E-state index contributed by atoms with van der Waals surface area (Å²) < 4.78 is 25.7. The number of fused-ring (bicyclic) bond motifs is 2. The first-order valence-corrected chi connectivity index (χ1v) is 11.7. The summed E-state index contributed by atoms with van der Waals surface area (Å²) in [5, 5.41) is 2.83. The van der Waals surface area contributed by atoms with Crippen molar-refractivity contribution in [2.45, 2.75) is 24.9 Å². The molecule has 2 aliphatic heterocycles. The molecule has 2 heterocycles. The number of nitrogens with zero attached hydrogens (tertiary/aromatic N) is 1. The van der Waals surface area contributed by atoms with Crippen molar-refractivity contribution in [1.82, 2.24) is 9.62 Å². The number of piperidine rings is 1. The van der Waals surface area contributed by atoms with Crippen LogP contribution in [0.1, 0.15) is 34.3 Å². The molecule has 2 amide bonds. The molecule has 1 fully saturated rings. The number of carbonyl (C=O) groups excluding carboxylic acids is 2. The topological polar surface area (TPSA) is 95.6 Å². The van der Waals surface area contributed by atoms with E-state index in [-0.39, 0.29) is 24.3 Å². The van der Waals surface area contributed by atoms with Crippen molar-refractivity contribution in [3.63, 3.8) is 0 Å². The van der Waals surface area contributed by atoms with Crippen molar-refractivity contribution in [2.24, 2.45) is 0 Å². The van der Waals surface area contributed by atoms with Gasteiger partial charge in [0.1, 0.15) is 6.04 Å². The average molecular weight is 426 g/mol. The van der Waals surface area contributed by atoms with Gasteiger partial charge in [0.15, 0.2) is 0 Å². The molecule has 2 atom stereocenters. The van der Waals surface area contributed by atoms with Gasteiger partial charge in [-0.25, -0.2) is 13.1 Å². The summed E-state index contributed by atoms with van der Waals surface area (Å²) in [5.41, 5.74) is 2.82. The van der Waals surface area contributed by atoms with E-state index in [1.165, 1.54) is 0 Å². The first kappa shape index (κ1) is 20.3. The molecule has 0 unspecified atom stereocenters. The van der Waals surface area contributed by atoms with Crippen molar-refractivity contribution in [3.8, 4) is 0 Å². The van der Waals surface area contributed by atoms with Crippen LogP contribution < -0.4 is 10.0 Å². The van der Waals surface area contributed by atoms with E-state index >= 15 is 0 Å². The molecule has 2 aromatic rings. The van der Waals surface area contributed by atoms with E-state index in [4.69, 9.17) is 0 Å². The van der Waals surface area contributed by atoms with Crippen LogP contribution in [0.4, 0.5) is 5.69 Å². The van der Waals surface area contributed by atoms with Crippen LogP contribution in [0.5, 0.6) is 0 Å². The molecule has 8 heteroatoms. The normalized spacial score (nSPS) is 21.7. The maximum absolute atomic E-state index is 13.2. The van der Waals surface area contributed by atoms with Crippen LogP contribution in [0.25, 0.3) is 12.2 Å². The number of anilines is 1. The van der Waals surface area contributed by atoms with Crippen LogP contribution in [0, 0.1) is 0 Å². The molecule has 156 valence electrons. The van der Waals surface area contributed by atoms with Gasteiger partial charge < -0.3 is 10.2 Å². The highest BCUT2D eigenvalue weighted by molar-refractivity contribution is 7.88. The predicted octanol–water partition coefficient (Wildman–Crippen LogP) is 2.33. The Morgan fingerprint density at radius 3 is 2.53 bits per heavy atom. The summed E-state index contributed by atoms with van der Waals surface area (Å²) in [7, 11) is -3.38.